The first kappa shape index (κ1) is 18.0. The highest BCUT2D eigenvalue weighted by molar-refractivity contribution is 5.84. The maximum atomic E-state index is 12.0. The minimum Gasteiger partial charge on any atom is -0.484 e. The van der Waals surface area contributed by atoms with E-state index in [1.54, 1.807) is 4.90 Å². The van der Waals surface area contributed by atoms with Crippen LogP contribution >= 0.6 is 0 Å². The van der Waals surface area contributed by atoms with Gasteiger partial charge in [-0.3, -0.25) is 4.79 Å². The minimum atomic E-state index is -0.281. The van der Waals surface area contributed by atoms with Gasteiger partial charge in [0.2, 0.25) is 0 Å². The third kappa shape index (κ3) is 4.65. The molecular formula is C20H24N2O4. The van der Waals surface area contributed by atoms with Crippen LogP contribution in [0, 0.1) is 5.92 Å². The van der Waals surface area contributed by atoms with Crippen LogP contribution < -0.4 is 10.1 Å². The number of nitrogens with one attached hydrogen (secondary N) is 1. The van der Waals surface area contributed by atoms with E-state index < -0.39 is 0 Å². The summed E-state index contributed by atoms with van der Waals surface area (Å²) in [6.07, 6.45) is 1.44. The fourth-order valence-corrected chi connectivity index (χ4v) is 3.16. The summed E-state index contributed by atoms with van der Waals surface area (Å²) in [4.78, 5) is 25.2. The number of hydrogen-bond donors (Lipinski definition) is 1. The van der Waals surface area contributed by atoms with Gasteiger partial charge in [0, 0.05) is 19.6 Å². The Morgan fingerprint density at radius 3 is 2.58 bits per heavy atom. The largest absolute Gasteiger partial charge is 0.484 e. The number of carbonyl (C=O) groups is 2. The Hall–Kier alpha value is -2.76. The Kier molecular flexibility index (Phi) is 5.94. The molecule has 138 valence electrons. The van der Waals surface area contributed by atoms with E-state index in [1.807, 2.05) is 42.5 Å². The van der Waals surface area contributed by atoms with Crippen LogP contribution in [0.2, 0.25) is 0 Å². The van der Waals surface area contributed by atoms with Gasteiger partial charge in [-0.25, -0.2) is 4.79 Å². The number of piperidine rings is 1. The SMILES string of the molecule is COC(=O)N1CCC(CNC(=O)COc2ccc3ccccc3c2)CC1. The van der Waals surface area contributed by atoms with E-state index in [4.69, 9.17) is 9.47 Å². The molecule has 0 radical (unpaired) electrons. The van der Waals surface area contributed by atoms with Crippen molar-refractivity contribution in [3.05, 3.63) is 42.5 Å². The molecule has 6 heteroatoms. The van der Waals surface area contributed by atoms with Crippen LogP contribution in [-0.4, -0.2) is 50.3 Å². The van der Waals surface area contributed by atoms with Crippen molar-refractivity contribution in [2.24, 2.45) is 5.92 Å². The van der Waals surface area contributed by atoms with Crippen LogP contribution in [0.1, 0.15) is 12.8 Å². The maximum absolute atomic E-state index is 12.0. The van der Waals surface area contributed by atoms with E-state index in [2.05, 4.69) is 5.32 Å². The predicted molar refractivity (Wildman–Crippen MR) is 99.2 cm³/mol. The van der Waals surface area contributed by atoms with Gasteiger partial charge in [-0.2, -0.15) is 0 Å². The molecule has 2 aromatic rings. The second kappa shape index (κ2) is 8.56. The number of carbonyl (C=O) groups excluding carboxylic acids is 2. The third-order valence-corrected chi connectivity index (χ3v) is 4.73. The van der Waals surface area contributed by atoms with Crippen molar-refractivity contribution in [2.45, 2.75) is 12.8 Å². The van der Waals surface area contributed by atoms with E-state index in [0.29, 0.717) is 31.3 Å². The lowest BCUT2D eigenvalue weighted by Crippen LogP contribution is -2.42. The van der Waals surface area contributed by atoms with Crippen LogP contribution in [0.4, 0.5) is 4.79 Å². The normalized spacial score (nSPS) is 14.9. The molecule has 0 saturated carbocycles. The smallest absolute Gasteiger partial charge is 0.409 e. The lowest BCUT2D eigenvalue weighted by Gasteiger charge is -2.30. The van der Waals surface area contributed by atoms with E-state index >= 15 is 0 Å². The van der Waals surface area contributed by atoms with Gasteiger partial charge in [0.25, 0.3) is 5.91 Å². The van der Waals surface area contributed by atoms with E-state index in [9.17, 15) is 9.59 Å². The molecule has 1 N–H and O–H groups in total. The van der Waals surface area contributed by atoms with Crippen LogP contribution in [0.3, 0.4) is 0 Å². The number of nitrogens with zero attached hydrogens (tertiary/aromatic N) is 1. The molecule has 1 heterocycles. The molecule has 1 aliphatic rings. The van der Waals surface area contributed by atoms with E-state index in [0.717, 1.165) is 23.6 Å². The highest BCUT2D eigenvalue weighted by atomic mass is 16.5. The summed E-state index contributed by atoms with van der Waals surface area (Å²) in [5.41, 5.74) is 0. The number of likely N-dealkylation sites (tertiary alicyclic amines) is 1. The van der Waals surface area contributed by atoms with Crippen molar-refractivity contribution in [3.63, 3.8) is 0 Å². The standard InChI is InChI=1S/C20H24N2O4/c1-25-20(24)22-10-8-15(9-11-22)13-21-19(23)14-26-18-7-6-16-4-2-3-5-17(16)12-18/h2-7,12,15H,8-11,13-14H2,1H3,(H,21,23). The number of methoxy groups -OCH3 is 1. The summed E-state index contributed by atoms with van der Waals surface area (Å²) >= 11 is 0. The van der Waals surface area contributed by atoms with Crippen LogP contribution in [0.25, 0.3) is 10.8 Å². The van der Waals surface area contributed by atoms with E-state index in [-0.39, 0.29) is 18.6 Å². The molecule has 26 heavy (non-hydrogen) atoms. The van der Waals surface area contributed by atoms with Gasteiger partial charge >= 0.3 is 6.09 Å². The van der Waals surface area contributed by atoms with Crippen molar-refractivity contribution in [2.75, 3.05) is 33.4 Å². The average molecular weight is 356 g/mol. The van der Waals surface area contributed by atoms with Crippen molar-refractivity contribution >= 4 is 22.8 Å². The summed E-state index contributed by atoms with van der Waals surface area (Å²) in [6.45, 7) is 1.94. The number of amides is 2. The fourth-order valence-electron chi connectivity index (χ4n) is 3.16. The van der Waals surface area contributed by atoms with Crippen molar-refractivity contribution in [1.82, 2.24) is 10.2 Å². The van der Waals surface area contributed by atoms with Crippen LogP contribution in [0.15, 0.2) is 42.5 Å². The molecule has 0 aromatic heterocycles. The van der Waals surface area contributed by atoms with Gasteiger partial charge in [0.1, 0.15) is 5.75 Å². The molecule has 2 aromatic carbocycles. The zero-order valence-electron chi connectivity index (χ0n) is 14.9. The Morgan fingerprint density at radius 2 is 1.85 bits per heavy atom. The van der Waals surface area contributed by atoms with Gasteiger partial charge < -0.3 is 19.7 Å². The van der Waals surface area contributed by atoms with Crippen LogP contribution in [0.5, 0.6) is 5.75 Å². The van der Waals surface area contributed by atoms with E-state index in [1.165, 1.54) is 7.11 Å². The summed E-state index contributed by atoms with van der Waals surface area (Å²) in [7, 11) is 1.39. The van der Waals surface area contributed by atoms with Gasteiger partial charge in [-0.05, 0) is 41.7 Å². The molecule has 1 saturated heterocycles. The Balaban J connectivity index is 1.39. The van der Waals surface area contributed by atoms with Gasteiger partial charge in [-0.15, -0.1) is 0 Å². The first-order chi connectivity index (χ1) is 12.7. The molecular weight excluding hydrogens is 332 g/mol. The highest BCUT2D eigenvalue weighted by Gasteiger charge is 2.23. The molecule has 0 aliphatic carbocycles. The quantitative estimate of drug-likeness (QED) is 0.894. The molecule has 0 atom stereocenters. The maximum Gasteiger partial charge on any atom is 0.409 e. The van der Waals surface area contributed by atoms with Gasteiger partial charge in [0.05, 0.1) is 7.11 Å². The highest BCUT2D eigenvalue weighted by Crippen LogP contribution is 2.20. The number of ether oxygens (including phenoxy) is 2. The molecule has 6 nitrogen and oxygen atoms in total. The molecule has 1 fully saturated rings. The Labute approximate surface area is 153 Å². The first-order valence-corrected chi connectivity index (χ1v) is 8.87. The molecule has 0 unspecified atom stereocenters. The molecule has 0 bridgehead atoms. The summed E-state index contributed by atoms with van der Waals surface area (Å²) in [6, 6.07) is 13.8. The molecule has 2 amide bonds. The number of hydrogen-bond acceptors (Lipinski definition) is 4. The number of benzene rings is 2. The monoisotopic (exact) mass is 356 g/mol. The van der Waals surface area contributed by atoms with Crippen molar-refractivity contribution in [1.29, 1.82) is 0 Å². The zero-order chi connectivity index (χ0) is 18.4. The first-order valence-electron chi connectivity index (χ1n) is 8.87. The summed E-state index contributed by atoms with van der Waals surface area (Å²) in [5.74, 6) is 0.930. The third-order valence-electron chi connectivity index (χ3n) is 4.73. The summed E-state index contributed by atoms with van der Waals surface area (Å²) in [5, 5.41) is 5.15. The zero-order valence-corrected chi connectivity index (χ0v) is 14.9. The second-order valence-corrected chi connectivity index (χ2v) is 6.50. The molecule has 1 aliphatic heterocycles. The molecule has 0 spiro atoms. The predicted octanol–water partition coefficient (Wildman–Crippen LogP) is 2.81. The van der Waals surface area contributed by atoms with Crippen LogP contribution in [-0.2, 0) is 9.53 Å². The Bertz CT molecular complexity index is 769. The number of rotatable bonds is 5. The fraction of sp³-hybridized carbons (Fsp3) is 0.400. The lowest BCUT2D eigenvalue weighted by atomic mass is 9.97. The topological polar surface area (TPSA) is 67.9 Å². The number of fused-ring (bicyclic) bond motifs is 1. The Morgan fingerprint density at radius 1 is 1.12 bits per heavy atom. The van der Waals surface area contributed by atoms with Gasteiger partial charge in [-0.1, -0.05) is 30.3 Å². The summed E-state index contributed by atoms with van der Waals surface area (Å²) < 4.78 is 10.3. The lowest BCUT2D eigenvalue weighted by molar-refractivity contribution is -0.123. The average Bonchev–Trinajstić information content (AvgIpc) is 2.70. The molecule has 3 rings (SSSR count). The van der Waals surface area contributed by atoms with Crippen molar-refractivity contribution < 1.29 is 19.1 Å². The van der Waals surface area contributed by atoms with Crippen molar-refractivity contribution in [3.8, 4) is 5.75 Å². The van der Waals surface area contributed by atoms with Gasteiger partial charge in [0.15, 0.2) is 6.61 Å². The minimum absolute atomic E-state index is 0.000649. The second-order valence-electron chi connectivity index (χ2n) is 6.50.